The van der Waals surface area contributed by atoms with Gasteiger partial charge < -0.3 is 0 Å². The van der Waals surface area contributed by atoms with Crippen LogP contribution in [-0.4, -0.2) is 5.88 Å². The summed E-state index contributed by atoms with van der Waals surface area (Å²) in [6.07, 6.45) is 3.41. The van der Waals surface area contributed by atoms with Crippen LogP contribution in [0, 0.1) is 19.3 Å². The molecule has 0 aliphatic carbocycles. The highest BCUT2D eigenvalue weighted by Gasteiger charge is 2.25. The number of aryl methyl sites for hydroxylation is 2. The molecule has 0 amide bonds. The first kappa shape index (κ1) is 13.6. The summed E-state index contributed by atoms with van der Waals surface area (Å²) < 4.78 is 0. The summed E-state index contributed by atoms with van der Waals surface area (Å²) in [5.74, 6) is 0.757. The van der Waals surface area contributed by atoms with Gasteiger partial charge in [0.15, 0.2) is 0 Å². The molecule has 1 heteroatoms. The predicted octanol–water partition coefficient (Wildman–Crippen LogP) is 4.89. The van der Waals surface area contributed by atoms with E-state index in [-0.39, 0.29) is 5.41 Å². The van der Waals surface area contributed by atoms with Gasteiger partial charge in [-0.3, -0.25) is 0 Å². The molecule has 1 aromatic carbocycles. The topological polar surface area (TPSA) is 0 Å². The molecule has 0 atom stereocenters. The Kier molecular flexibility index (Phi) is 4.86. The van der Waals surface area contributed by atoms with Gasteiger partial charge in [0.2, 0.25) is 0 Å². The SMILES string of the molecule is CCC(CC)(CCl)Cc1ccc(C)c(C)c1. The molecule has 1 aromatic rings. The second-order valence-electron chi connectivity index (χ2n) is 4.94. The van der Waals surface area contributed by atoms with Crippen LogP contribution in [-0.2, 0) is 6.42 Å². The van der Waals surface area contributed by atoms with Crippen LogP contribution in [0.2, 0.25) is 0 Å². The molecule has 0 unspecified atom stereocenters. The van der Waals surface area contributed by atoms with E-state index in [1.165, 1.54) is 16.7 Å². The molecule has 0 spiro atoms. The summed E-state index contributed by atoms with van der Waals surface area (Å²) in [5, 5.41) is 0. The molecule has 0 fully saturated rings. The Balaban J connectivity index is 2.89. The van der Waals surface area contributed by atoms with Crippen LogP contribution in [0.15, 0.2) is 18.2 Å². The maximum Gasteiger partial charge on any atom is 0.0282 e. The fraction of sp³-hybridized carbons (Fsp3) is 0.600. The van der Waals surface area contributed by atoms with E-state index in [1.807, 2.05) is 0 Å². The average Bonchev–Trinajstić information content (AvgIpc) is 2.31. The second kappa shape index (κ2) is 5.72. The van der Waals surface area contributed by atoms with Crippen molar-refractivity contribution in [2.24, 2.45) is 5.41 Å². The minimum atomic E-state index is 0.281. The van der Waals surface area contributed by atoms with Crippen molar-refractivity contribution in [1.29, 1.82) is 0 Å². The molecule has 90 valence electrons. The molecule has 0 aliphatic rings. The summed E-state index contributed by atoms with van der Waals surface area (Å²) in [6, 6.07) is 6.77. The Bertz CT molecular complexity index is 329. The third-order valence-electron chi connectivity index (χ3n) is 3.93. The first-order chi connectivity index (χ1) is 7.56. The second-order valence-corrected chi connectivity index (χ2v) is 5.20. The van der Waals surface area contributed by atoms with Crippen molar-refractivity contribution in [3.63, 3.8) is 0 Å². The highest BCUT2D eigenvalue weighted by atomic mass is 35.5. The lowest BCUT2D eigenvalue weighted by Crippen LogP contribution is -2.24. The van der Waals surface area contributed by atoms with Gasteiger partial charge in [0, 0.05) is 5.88 Å². The maximum absolute atomic E-state index is 6.15. The van der Waals surface area contributed by atoms with Crippen LogP contribution in [0.1, 0.15) is 43.4 Å². The molecule has 0 saturated heterocycles. The number of hydrogen-bond acceptors (Lipinski definition) is 0. The Hall–Kier alpha value is -0.490. The number of rotatable bonds is 5. The molecule has 0 saturated carbocycles. The minimum absolute atomic E-state index is 0.281. The van der Waals surface area contributed by atoms with Gasteiger partial charge in [0.05, 0.1) is 0 Å². The molecule has 0 bridgehead atoms. The summed E-state index contributed by atoms with van der Waals surface area (Å²) >= 11 is 6.15. The Morgan fingerprint density at radius 1 is 1.06 bits per heavy atom. The van der Waals surface area contributed by atoms with Gasteiger partial charge in [-0.15, -0.1) is 11.6 Å². The fourth-order valence-corrected chi connectivity index (χ4v) is 2.56. The number of alkyl halides is 1. The highest BCUT2D eigenvalue weighted by molar-refractivity contribution is 6.18. The van der Waals surface area contributed by atoms with Gasteiger partial charge in [-0.25, -0.2) is 0 Å². The van der Waals surface area contributed by atoms with Gasteiger partial charge in [0.25, 0.3) is 0 Å². The van der Waals surface area contributed by atoms with E-state index in [1.54, 1.807) is 0 Å². The minimum Gasteiger partial charge on any atom is -0.126 e. The van der Waals surface area contributed by atoms with E-state index in [0.717, 1.165) is 25.1 Å². The monoisotopic (exact) mass is 238 g/mol. The van der Waals surface area contributed by atoms with Crippen molar-refractivity contribution in [3.05, 3.63) is 34.9 Å². The summed E-state index contributed by atoms with van der Waals surface area (Å²) in [7, 11) is 0. The van der Waals surface area contributed by atoms with Crippen LogP contribution in [0.25, 0.3) is 0 Å². The zero-order valence-corrected chi connectivity index (χ0v) is 11.7. The molecule has 0 radical (unpaired) electrons. The molecule has 0 aromatic heterocycles. The lowest BCUT2D eigenvalue weighted by atomic mass is 9.78. The van der Waals surface area contributed by atoms with Crippen molar-refractivity contribution in [2.75, 3.05) is 5.88 Å². The van der Waals surface area contributed by atoms with Crippen molar-refractivity contribution in [2.45, 2.75) is 47.0 Å². The average molecular weight is 239 g/mol. The summed E-state index contributed by atoms with van der Waals surface area (Å²) in [6.45, 7) is 8.83. The van der Waals surface area contributed by atoms with Crippen LogP contribution >= 0.6 is 11.6 Å². The molecule has 0 aliphatic heterocycles. The van der Waals surface area contributed by atoms with Crippen molar-refractivity contribution < 1.29 is 0 Å². The molecule has 16 heavy (non-hydrogen) atoms. The normalized spacial score (nSPS) is 11.8. The third-order valence-corrected chi connectivity index (χ3v) is 4.50. The van der Waals surface area contributed by atoms with Gasteiger partial charge >= 0.3 is 0 Å². The number of benzene rings is 1. The fourth-order valence-electron chi connectivity index (χ4n) is 2.08. The van der Waals surface area contributed by atoms with Gasteiger partial charge in [0.1, 0.15) is 0 Å². The van der Waals surface area contributed by atoms with Crippen molar-refractivity contribution in [3.8, 4) is 0 Å². The molecule has 0 nitrogen and oxygen atoms in total. The number of hydrogen-bond donors (Lipinski definition) is 0. The smallest absolute Gasteiger partial charge is 0.0282 e. The van der Waals surface area contributed by atoms with E-state index in [4.69, 9.17) is 11.6 Å². The van der Waals surface area contributed by atoms with Crippen molar-refractivity contribution >= 4 is 11.6 Å². The Labute approximate surface area is 105 Å². The maximum atomic E-state index is 6.15. The standard InChI is InChI=1S/C15H23Cl/c1-5-15(6-2,11-16)10-14-8-7-12(3)13(4)9-14/h7-9H,5-6,10-11H2,1-4H3. The summed E-state index contributed by atoms with van der Waals surface area (Å²) in [5.41, 5.74) is 4.46. The van der Waals surface area contributed by atoms with Crippen LogP contribution < -0.4 is 0 Å². The van der Waals surface area contributed by atoms with Gasteiger partial charge in [-0.1, -0.05) is 32.0 Å². The van der Waals surface area contributed by atoms with Crippen LogP contribution in [0.3, 0.4) is 0 Å². The lowest BCUT2D eigenvalue weighted by Gasteiger charge is -2.29. The molecule has 1 rings (SSSR count). The van der Waals surface area contributed by atoms with E-state index < -0.39 is 0 Å². The number of halogens is 1. The van der Waals surface area contributed by atoms with E-state index >= 15 is 0 Å². The first-order valence-electron chi connectivity index (χ1n) is 6.19. The zero-order valence-electron chi connectivity index (χ0n) is 10.9. The van der Waals surface area contributed by atoms with E-state index in [9.17, 15) is 0 Å². The van der Waals surface area contributed by atoms with Gasteiger partial charge in [-0.2, -0.15) is 0 Å². The van der Waals surface area contributed by atoms with E-state index in [2.05, 4.69) is 45.9 Å². The van der Waals surface area contributed by atoms with Gasteiger partial charge in [-0.05, 0) is 55.2 Å². The first-order valence-corrected chi connectivity index (χ1v) is 6.72. The molecular formula is C15H23Cl. The quantitative estimate of drug-likeness (QED) is 0.641. The Morgan fingerprint density at radius 3 is 2.12 bits per heavy atom. The van der Waals surface area contributed by atoms with Crippen molar-refractivity contribution in [1.82, 2.24) is 0 Å². The summed E-state index contributed by atoms with van der Waals surface area (Å²) in [4.78, 5) is 0. The highest BCUT2D eigenvalue weighted by Crippen LogP contribution is 2.32. The zero-order chi connectivity index (χ0) is 12.2. The predicted molar refractivity (Wildman–Crippen MR) is 73.4 cm³/mol. The molecule has 0 N–H and O–H groups in total. The van der Waals surface area contributed by atoms with Crippen LogP contribution in [0.4, 0.5) is 0 Å². The molecule has 0 heterocycles. The Morgan fingerprint density at radius 2 is 1.69 bits per heavy atom. The molecular weight excluding hydrogens is 216 g/mol. The largest absolute Gasteiger partial charge is 0.126 e. The lowest BCUT2D eigenvalue weighted by molar-refractivity contribution is 0.302. The third kappa shape index (κ3) is 3.01. The van der Waals surface area contributed by atoms with Crippen LogP contribution in [0.5, 0.6) is 0 Å². The van der Waals surface area contributed by atoms with E-state index in [0.29, 0.717) is 0 Å².